The average Bonchev–Trinajstić information content (AvgIpc) is 1.56. The summed E-state index contributed by atoms with van der Waals surface area (Å²) in [6.45, 7) is 32.9. The molecule has 19 rings (SSSR count). The van der Waals surface area contributed by atoms with Crippen LogP contribution in [0.5, 0.6) is 0 Å². The second kappa shape index (κ2) is 37.3. The molecule has 9 aliphatic heterocycles. The van der Waals surface area contributed by atoms with Gasteiger partial charge >= 0.3 is 47.8 Å². The average molecular weight is 1700 g/mol. The van der Waals surface area contributed by atoms with Gasteiger partial charge in [0, 0.05) is 42.6 Å². The summed E-state index contributed by atoms with van der Waals surface area (Å²) in [5.41, 5.74) is -1.04. The zero-order chi connectivity index (χ0) is 87.3. The number of hydrogen-bond acceptors (Lipinski definition) is 17. The molecule has 10 saturated carbocycles. The number of carboxylic acid groups (broad SMARTS) is 6. The minimum Gasteiger partial charge on any atom is -0.481 e. The normalized spacial score (nSPS) is 49.6. The van der Waals surface area contributed by atoms with Gasteiger partial charge in [-0.15, -0.1) is 0 Å². The first-order valence-electron chi connectivity index (χ1n) is 49.0. The molecule has 0 radical (unpaired) electrons. The maximum absolute atomic E-state index is 13.3. The van der Waals surface area contributed by atoms with E-state index in [4.69, 9.17) is 42.6 Å². The molecule has 0 aromatic carbocycles. The number of carbonyl (C=O) groups excluding carboxylic acids is 2. The van der Waals surface area contributed by atoms with E-state index in [1.807, 2.05) is 13.8 Å². The highest BCUT2D eigenvalue weighted by Gasteiger charge is 2.73. The molecule has 6 N–H and O–H groups in total. The van der Waals surface area contributed by atoms with Gasteiger partial charge in [0.05, 0.1) is 134 Å². The first kappa shape index (κ1) is 92.7. The first-order valence-corrected chi connectivity index (χ1v) is 49.0. The molecular formula is C98H154O23. The van der Waals surface area contributed by atoms with E-state index in [2.05, 4.69) is 90.0 Å². The van der Waals surface area contributed by atoms with Crippen molar-refractivity contribution in [1.29, 1.82) is 0 Å². The molecule has 46 atom stereocenters. The molecule has 19 fully saturated rings. The third kappa shape index (κ3) is 15.4. The number of esters is 2. The lowest BCUT2D eigenvalue weighted by Gasteiger charge is -2.40. The molecule has 684 valence electrons. The minimum absolute atomic E-state index is 0.0857. The quantitative estimate of drug-likeness (QED) is 0.0489. The van der Waals surface area contributed by atoms with Gasteiger partial charge < -0.3 is 73.3 Å². The maximum atomic E-state index is 13.3. The van der Waals surface area contributed by atoms with Crippen LogP contribution in [-0.2, 0) is 81.0 Å². The fraction of sp³-hybridized carbons (Fsp3) is 0.918. The summed E-state index contributed by atoms with van der Waals surface area (Å²) in [5.74, 6) is 4.73. The van der Waals surface area contributed by atoms with Crippen LogP contribution in [0.2, 0.25) is 0 Å². The molecule has 23 nitrogen and oxygen atoms in total. The molecule has 0 aromatic heterocycles. The summed E-state index contributed by atoms with van der Waals surface area (Å²) in [5, 5.41) is 57.4. The Hall–Kier alpha value is -4.52. The molecule has 121 heavy (non-hydrogen) atoms. The van der Waals surface area contributed by atoms with Crippen molar-refractivity contribution in [3.8, 4) is 0 Å². The monoisotopic (exact) mass is 1700 g/mol. The minimum atomic E-state index is -0.800. The summed E-state index contributed by atoms with van der Waals surface area (Å²) in [6, 6.07) is 0. The van der Waals surface area contributed by atoms with E-state index in [1.165, 1.54) is 39.2 Å². The van der Waals surface area contributed by atoms with Gasteiger partial charge in [0.2, 0.25) is 0 Å². The molecule has 9 saturated heterocycles. The third-order valence-corrected chi connectivity index (χ3v) is 38.0. The summed E-state index contributed by atoms with van der Waals surface area (Å²) in [7, 11) is 3.09. The third-order valence-electron chi connectivity index (χ3n) is 38.0. The lowest BCUT2D eigenvalue weighted by atomic mass is 9.64. The largest absolute Gasteiger partial charge is 0.481 e. The van der Waals surface area contributed by atoms with Gasteiger partial charge in [-0.1, -0.05) is 135 Å². The van der Waals surface area contributed by atoms with E-state index in [9.17, 15) is 69.0 Å². The van der Waals surface area contributed by atoms with Crippen LogP contribution in [0.1, 0.15) is 264 Å². The number of ether oxygens (including phenoxy) is 9. The van der Waals surface area contributed by atoms with Crippen molar-refractivity contribution in [1.82, 2.24) is 0 Å². The zero-order valence-corrected chi connectivity index (χ0v) is 76.0. The second-order valence-electron chi connectivity index (χ2n) is 42.0. The number of hydrogen-bond donors (Lipinski definition) is 6. The van der Waals surface area contributed by atoms with Crippen LogP contribution in [0.25, 0.3) is 0 Å². The van der Waals surface area contributed by atoms with E-state index in [1.54, 1.807) is 7.11 Å². The highest BCUT2D eigenvalue weighted by Crippen LogP contribution is 2.72. The Morgan fingerprint density at radius 3 is 1.12 bits per heavy atom. The zero-order valence-electron chi connectivity index (χ0n) is 76.0. The van der Waals surface area contributed by atoms with Crippen molar-refractivity contribution in [2.75, 3.05) is 20.8 Å². The van der Waals surface area contributed by atoms with Crippen molar-refractivity contribution >= 4 is 47.8 Å². The van der Waals surface area contributed by atoms with Gasteiger partial charge in [0.25, 0.3) is 0 Å². The van der Waals surface area contributed by atoms with Crippen LogP contribution in [-0.4, -0.2) is 178 Å². The van der Waals surface area contributed by atoms with Crippen molar-refractivity contribution < 1.29 is 112 Å². The van der Waals surface area contributed by atoms with Crippen LogP contribution >= 0.6 is 0 Å². The molecule has 0 amide bonds. The number of carbonyl (C=O) groups is 8. The topological polar surface area (TPSA) is 341 Å². The van der Waals surface area contributed by atoms with Crippen LogP contribution in [0.3, 0.4) is 0 Å². The summed E-state index contributed by atoms with van der Waals surface area (Å²) in [4.78, 5) is 95.4. The molecule has 0 aromatic rings. The molecule has 9 heterocycles. The second-order valence-corrected chi connectivity index (χ2v) is 42.0. The Labute approximate surface area is 720 Å². The Morgan fingerprint density at radius 1 is 0.355 bits per heavy atom. The molecule has 23 heteroatoms. The molecular weight excluding hydrogens is 1550 g/mol. The lowest BCUT2D eigenvalue weighted by molar-refractivity contribution is -0.175. The molecule has 10 aliphatic carbocycles. The smallest absolute Gasteiger partial charge is 0.312 e. The Morgan fingerprint density at radius 2 is 0.727 bits per heavy atom. The Bertz CT molecular complexity index is 3650. The van der Waals surface area contributed by atoms with Gasteiger partial charge in [-0.2, -0.15) is 0 Å². The summed E-state index contributed by atoms with van der Waals surface area (Å²) >= 11 is 0. The number of methoxy groups -OCH3 is 2. The van der Waals surface area contributed by atoms with E-state index in [0.717, 1.165) is 133 Å². The lowest BCUT2D eigenvalue weighted by Crippen LogP contribution is -2.47. The van der Waals surface area contributed by atoms with Crippen LogP contribution < -0.4 is 0 Å². The maximum Gasteiger partial charge on any atom is 0.312 e. The van der Waals surface area contributed by atoms with Crippen molar-refractivity contribution in [3.05, 3.63) is 0 Å². The van der Waals surface area contributed by atoms with Crippen LogP contribution in [0.4, 0.5) is 0 Å². The number of rotatable bonds is 24. The summed E-state index contributed by atoms with van der Waals surface area (Å²) < 4.78 is 52.7. The predicted octanol–water partition coefficient (Wildman–Crippen LogP) is 16.7. The van der Waals surface area contributed by atoms with E-state index >= 15 is 0 Å². The molecule has 12 bridgehead atoms. The van der Waals surface area contributed by atoms with Crippen molar-refractivity contribution in [3.63, 3.8) is 0 Å². The van der Waals surface area contributed by atoms with Gasteiger partial charge in [0.1, 0.15) is 5.60 Å². The van der Waals surface area contributed by atoms with Gasteiger partial charge in [-0.05, 0) is 247 Å². The number of aliphatic carboxylic acids is 6. The molecule has 0 spiro atoms. The molecule has 19 aliphatic rings. The standard InChI is InChI=1S/C23H36O4.C17H26O4.C17H28O3.2C14H22O4.C13H20O4/c1-4-13-11-14(5-2)18-16-12-15(17(13)18)19(21(24)25)20(16)22(26)27-23(6-3)9-7-8-10-23;1-4-8-6-9(5-2)13-11-7-10(12(8)13)14(16(18)19)15(11)17(20)21-3;1-4-9-6-10(5-2)15-12-7-11(14(9)15)13(8-20-3)16(12)17(18)19;1-4-7-10-9-6-14(3,13(15)16)12(18-9)11(10)8(5-2)17-7;1-4-7-10-11(8(5-2)17-7)13-9(14(15)16)6(3)12(10)18-13;1-3-7-10-9-5-6(13(14)15)12(17-9)11(10)8(4-2)16-7/h13-20H,4-12H2,1-3H3,(H,24,25);8-15H,4-7H2,1-3H3,(H,18,19);9-16H,4-8H2,1-3H3,(H,18,19);7-12H,4-6H2,1-3H3,(H,15,16);6-13H,4-5H2,1-3H3,(H,15,16);6-12H,3-5H2,1-2H3,(H,14,15). The van der Waals surface area contributed by atoms with Crippen LogP contribution in [0, 0.1) is 201 Å². The van der Waals surface area contributed by atoms with Gasteiger partial charge in [-0.25, -0.2) is 0 Å². The van der Waals surface area contributed by atoms with E-state index < -0.39 is 64.9 Å². The van der Waals surface area contributed by atoms with E-state index in [-0.39, 0.29) is 150 Å². The number of carboxylic acids is 6. The fourth-order valence-corrected chi connectivity index (χ4v) is 33.5. The van der Waals surface area contributed by atoms with Crippen molar-refractivity contribution in [2.24, 2.45) is 201 Å². The first-order chi connectivity index (χ1) is 57.9. The highest BCUT2D eigenvalue weighted by molar-refractivity contribution is 5.84. The number of fused-ring (bicyclic) bond motifs is 30. The van der Waals surface area contributed by atoms with E-state index in [0.29, 0.717) is 114 Å². The predicted molar refractivity (Wildman–Crippen MR) is 449 cm³/mol. The molecule has 46 unspecified atom stereocenters. The Balaban J connectivity index is 0.000000120. The Kier molecular flexibility index (Phi) is 28.5. The summed E-state index contributed by atoms with van der Waals surface area (Å²) in [6.07, 6.45) is 27.2. The fourth-order valence-electron chi connectivity index (χ4n) is 33.5. The van der Waals surface area contributed by atoms with Crippen LogP contribution in [0.15, 0.2) is 0 Å². The van der Waals surface area contributed by atoms with Gasteiger partial charge in [-0.3, -0.25) is 38.4 Å². The van der Waals surface area contributed by atoms with Crippen molar-refractivity contribution in [2.45, 2.75) is 343 Å². The highest BCUT2D eigenvalue weighted by atomic mass is 16.6. The van der Waals surface area contributed by atoms with Gasteiger partial charge in [0.15, 0.2) is 0 Å². The SMILES string of the molecule is CCC1CC(CC)C2C3CC(C(C(=O)O)C3C(=O)OC)C12.CCC1CC(CC)C2C3CC(C(C(=O)O)C3C(=O)OC3(CC)CCCC3)C12.CCC1CC(CC)C2C3CC(C(COC)C3C(=O)O)C12.CCC1OC(CC)C2C1C1CC(C)(C(=O)O)C2O1.CCC1OC(CC)C2C3OC(C(C)C3C(=O)O)C12.CCC1OC(CC)C2C3OC(CC3C(=O)O)C12.